The molecule has 1 aliphatic carbocycles. The van der Waals surface area contributed by atoms with Gasteiger partial charge in [0.25, 0.3) is 0 Å². The number of benzene rings is 2. The smallest absolute Gasteiger partial charge is 0.143 e. The summed E-state index contributed by atoms with van der Waals surface area (Å²) in [7, 11) is 2.16. The highest BCUT2D eigenvalue weighted by atomic mass is 19.1. The molecule has 0 radical (unpaired) electrons. The molecule has 3 aliphatic rings. The minimum absolute atomic E-state index is 0.344. The maximum Gasteiger partial charge on any atom is 0.143 e. The van der Waals surface area contributed by atoms with Crippen LogP contribution in [0.5, 0.6) is 11.5 Å². The number of anilines is 1. The molecule has 7 nitrogen and oxygen atoms in total. The first-order valence-corrected chi connectivity index (χ1v) is 12.6. The molecule has 4 bridgehead atoms. The van der Waals surface area contributed by atoms with Gasteiger partial charge in [0.15, 0.2) is 0 Å². The standard InChI is InChI=1S/C28H28FN5O2/c1-33-7-9-34(10-8-33)24-6-5-17-12-26(24)36-16-19-11-18(19)15-35-25-4-2-3-21(29)27(25)22-13-20-23(14-30-22)31-32-28(17)20/h2-6,12-14,18-19H,7-11,15-16H2,1H3,(H,31,32). The van der Waals surface area contributed by atoms with Gasteiger partial charge in [-0.05, 0) is 55.6 Å². The van der Waals surface area contributed by atoms with Crippen LogP contribution in [-0.4, -0.2) is 66.5 Å². The predicted octanol–water partition coefficient (Wildman–Crippen LogP) is 4.59. The van der Waals surface area contributed by atoms with Gasteiger partial charge in [0.2, 0.25) is 0 Å². The van der Waals surface area contributed by atoms with E-state index in [2.05, 4.69) is 50.2 Å². The van der Waals surface area contributed by atoms with Crippen molar-refractivity contribution in [2.45, 2.75) is 6.42 Å². The molecule has 184 valence electrons. The Kier molecular flexibility index (Phi) is 5.09. The number of pyridine rings is 1. The van der Waals surface area contributed by atoms with Crippen LogP contribution in [-0.2, 0) is 0 Å². The number of hydrogen-bond acceptors (Lipinski definition) is 6. The first-order chi connectivity index (χ1) is 17.6. The number of fused-ring (bicyclic) bond motifs is 7. The van der Waals surface area contributed by atoms with Crippen molar-refractivity contribution in [3.63, 3.8) is 0 Å². The van der Waals surface area contributed by atoms with Gasteiger partial charge in [0, 0.05) is 37.1 Å². The number of rotatable bonds is 1. The minimum atomic E-state index is -0.344. The molecule has 0 spiro atoms. The Labute approximate surface area is 208 Å². The van der Waals surface area contributed by atoms with Crippen LogP contribution in [0.4, 0.5) is 10.1 Å². The molecule has 8 heteroatoms. The number of likely N-dealkylation sites (N-methyl/N-ethyl adjacent to an activating group) is 1. The lowest BCUT2D eigenvalue weighted by Gasteiger charge is -2.35. The number of halogens is 1. The van der Waals surface area contributed by atoms with E-state index < -0.39 is 0 Å². The summed E-state index contributed by atoms with van der Waals surface area (Å²) in [6.07, 6.45) is 2.75. The fourth-order valence-corrected chi connectivity index (χ4v) is 5.34. The van der Waals surface area contributed by atoms with Gasteiger partial charge in [0.05, 0.1) is 41.9 Å². The second-order valence-corrected chi connectivity index (χ2v) is 10.2. The highest BCUT2D eigenvalue weighted by molar-refractivity contribution is 5.95. The van der Waals surface area contributed by atoms with Crippen LogP contribution in [0.25, 0.3) is 33.4 Å². The number of hydrogen-bond donors (Lipinski definition) is 1. The zero-order valence-electron chi connectivity index (χ0n) is 20.2. The molecule has 0 amide bonds. The molecule has 1 saturated carbocycles. The van der Waals surface area contributed by atoms with Gasteiger partial charge >= 0.3 is 0 Å². The van der Waals surface area contributed by atoms with E-state index in [0.717, 1.165) is 66.2 Å². The Hall–Kier alpha value is -3.65. The van der Waals surface area contributed by atoms with Crippen molar-refractivity contribution in [1.29, 1.82) is 0 Å². The minimum Gasteiger partial charge on any atom is -0.492 e. The van der Waals surface area contributed by atoms with Crippen LogP contribution in [0.3, 0.4) is 0 Å². The van der Waals surface area contributed by atoms with Gasteiger partial charge in [-0.3, -0.25) is 10.1 Å². The molecule has 2 aliphatic heterocycles. The number of nitrogens with one attached hydrogen (secondary N) is 1. The normalized spacial score (nSPS) is 21.7. The Bertz CT molecular complexity index is 1450. The molecule has 2 unspecified atom stereocenters. The van der Waals surface area contributed by atoms with Crippen LogP contribution in [0.2, 0.25) is 0 Å². The van der Waals surface area contributed by atoms with Crippen LogP contribution in [0.15, 0.2) is 48.7 Å². The van der Waals surface area contributed by atoms with Crippen LogP contribution in [0, 0.1) is 17.7 Å². The zero-order valence-corrected chi connectivity index (χ0v) is 20.2. The molecule has 2 aromatic carbocycles. The van der Waals surface area contributed by atoms with E-state index in [0.29, 0.717) is 42.1 Å². The first-order valence-electron chi connectivity index (χ1n) is 12.6. The average molecular weight is 486 g/mol. The van der Waals surface area contributed by atoms with E-state index in [1.165, 1.54) is 6.07 Å². The lowest BCUT2D eigenvalue weighted by atomic mass is 10.0. The van der Waals surface area contributed by atoms with Crippen molar-refractivity contribution < 1.29 is 13.9 Å². The van der Waals surface area contributed by atoms with E-state index in [-0.39, 0.29) is 5.82 Å². The molecule has 7 rings (SSSR count). The fraction of sp³-hybridized carbons (Fsp3) is 0.357. The molecule has 2 fully saturated rings. The summed E-state index contributed by atoms with van der Waals surface area (Å²) in [5.41, 5.74) is 4.59. The SMILES string of the molecule is CN1CCN(c2ccc3cc2OCC2CC2COc2cccc(F)c2-c2cc4c-3n[nH]c4cn2)CC1. The summed E-state index contributed by atoms with van der Waals surface area (Å²) < 4.78 is 27.7. The summed E-state index contributed by atoms with van der Waals surface area (Å²) in [6, 6.07) is 13.2. The topological polar surface area (TPSA) is 66.5 Å². The van der Waals surface area contributed by atoms with Crippen molar-refractivity contribution in [1.82, 2.24) is 20.1 Å². The molecule has 2 atom stereocenters. The first kappa shape index (κ1) is 21.6. The van der Waals surface area contributed by atoms with Crippen molar-refractivity contribution in [3.8, 4) is 34.0 Å². The number of nitrogens with zero attached hydrogens (tertiary/aromatic N) is 4. The number of ether oxygens (including phenoxy) is 2. The number of aromatic amines is 1. The molecule has 2 aromatic heterocycles. The monoisotopic (exact) mass is 485 g/mol. The average Bonchev–Trinajstić information content (AvgIpc) is 3.52. The summed E-state index contributed by atoms with van der Waals surface area (Å²) in [6.45, 7) is 5.17. The number of H-pyrrole nitrogens is 1. The highest BCUT2D eigenvalue weighted by Crippen LogP contribution is 2.43. The summed E-state index contributed by atoms with van der Waals surface area (Å²) >= 11 is 0. The van der Waals surface area contributed by atoms with Gasteiger partial charge in [0.1, 0.15) is 23.0 Å². The zero-order chi connectivity index (χ0) is 24.2. The number of aromatic nitrogens is 3. The van der Waals surface area contributed by atoms with Crippen molar-refractivity contribution in [3.05, 3.63) is 54.5 Å². The quantitative estimate of drug-likeness (QED) is 0.426. The van der Waals surface area contributed by atoms with E-state index in [4.69, 9.17) is 9.47 Å². The van der Waals surface area contributed by atoms with Gasteiger partial charge in [-0.15, -0.1) is 0 Å². The van der Waals surface area contributed by atoms with Gasteiger partial charge < -0.3 is 19.3 Å². The second kappa shape index (κ2) is 8.48. The van der Waals surface area contributed by atoms with Gasteiger partial charge in [-0.1, -0.05) is 12.1 Å². The van der Waals surface area contributed by atoms with Gasteiger partial charge in [-0.2, -0.15) is 5.10 Å². The van der Waals surface area contributed by atoms with Gasteiger partial charge in [-0.25, -0.2) is 4.39 Å². The summed E-state index contributed by atoms with van der Waals surface area (Å²) in [5.74, 6) is 1.88. The van der Waals surface area contributed by atoms with Crippen LogP contribution >= 0.6 is 0 Å². The highest BCUT2D eigenvalue weighted by Gasteiger charge is 2.39. The molecule has 4 heterocycles. The Morgan fingerprint density at radius 3 is 2.61 bits per heavy atom. The summed E-state index contributed by atoms with van der Waals surface area (Å²) in [4.78, 5) is 9.31. The molecule has 1 saturated heterocycles. The van der Waals surface area contributed by atoms with Crippen LogP contribution in [0.1, 0.15) is 6.42 Å². The van der Waals surface area contributed by atoms with Crippen LogP contribution < -0.4 is 14.4 Å². The Morgan fingerprint density at radius 1 is 0.972 bits per heavy atom. The predicted molar refractivity (Wildman–Crippen MR) is 137 cm³/mol. The largest absolute Gasteiger partial charge is 0.492 e. The Balaban J connectivity index is 1.36. The fourth-order valence-electron chi connectivity index (χ4n) is 5.34. The van der Waals surface area contributed by atoms with E-state index in [9.17, 15) is 0 Å². The molecule has 1 N–H and O–H groups in total. The third-order valence-electron chi connectivity index (χ3n) is 7.73. The lowest BCUT2D eigenvalue weighted by Crippen LogP contribution is -2.44. The summed E-state index contributed by atoms with van der Waals surface area (Å²) in [5, 5.41) is 8.57. The molecular weight excluding hydrogens is 457 g/mol. The van der Waals surface area contributed by atoms with E-state index in [1.54, 1.807) is 12.3 Å². The number of piperazine rings is 1. The van der Waals surface area contributed by atoms with E-state index >= 15 is 4.39 Å². The molecule has 36 heavy (non-hydrogen) atoms. The molecular formula is C28H28FN5O2. The third-order valence-corrected chi connectivity index (χ3v) is 7.73. The van der Waals surface area contributed by atoms with Crippen molar-refractivity contribution in [2.24, 2.45) is 11.8 Å². The third kappa shape index (κ3) is 3.76. The molecule has 4 aromatic rings. The van der Waals surface area contributed by atoms with Crippen molar-refractivity contribution in [2.75, 3.05) is 51.3 Å². The van der Waals surface area contributed by atoms with E-state index in [1.807, 2.05) is 12.1 Å². The second-order valence-electron chi connectivity index (χ2n) is 10.2. The lowest BCUT2D eigenvalue weighted by molar-refractivity contribution is 0.256. The van der Waals surface area contributed by atoms with Crippen molar-refractivity contribution >= 4 is 16.6 Å². The maximum atomic E-state index is 15.1. The maximum absolute atomic E-state index is 15.1. The Morgan fingerprint density at radius 2 is 1.78 bits per heavy atom.